The Hall–Kier alpha value is -1.09. The predicted octanol–water partition coefficient (Wildman–Crippen LogP) is 3.47. The van der Waals surface area contributed by atoms with Crippen molar-refractivity contribution in [2.45, 2.75) is 45.7 Å². The molecule has 1 aliphatic heterocycles. The van der Waals surface area contributed by atoms with E-state index in [1.165, 1.54) is 18.9 Å². The van der Waals surface area contributed by atoms with Gasteiger partial charge in [0, 0.05) is 24.3 Å². The van der Waals surface area contributed by atoms with E-state index in [0.29, 0.717) is 6.04 Å². The summed E-state index contributed by atoms with van der Waals surface area (Å²) in [5.41, 5.74) is 7.99. The van der Waals surface area contributed by atoms with Gasteiger partial charge in [-0.25, -0.2) is 4.39 Å². The number of benzene rings is 1. The Labute approximate surface area is 109 Å². The van der Waals surface area contributed by atoms with Crippen LogP contribution < -0.4 is 10.6 Å². The molecule has 1 heterocycles. The number of nitrogens with two attached hydrogens (primary N) is 1. The normalized spacial score (nSPS) is 26.2. The van der Waals surface area contributed by atoms with E-state index >= 15 is 0 Å². The van der Waals surface area contributed by atoms with Gasteiger partial charge in [0.05, 0.1) is 0 Å². The molecule has 1 saturated heterocycles. The van der Waals surface area contributed by atoms with Crippen LogP contribution in [0.3, 0.4) is 0 Å². The second-order valence-electron chi connectivity index (χ2n) is 5.66. The first kappa shape index (κ1) is 13.3. The average molecular weight is 250 g/mol. The molecule has 0 aliphatic carbocycles. The van der Waals surface area contributed by atoms with E-state index in [1.54, 1.807) is 6.07 Å². The van der Waals surface area contributed by atoms with Crippen LogP contribution in [0, 0.1) is 11.7 Å². The molecule has 3 heteroatoms. The molecule has 0 saturated carbocycles. The molecule has 3 unspecified atom stereocenters. The Balaban J connectivity index is 2.32. The predicted molar refractivity (Wildman–Crippen MR) is 74.2 cm³/mol. The van der Waals surface area contributed by atoms with Gasteiger partial charge in [-0.2, -0.15) is 0 Å². The third-order valence-electron chi connectivity index (χ3n) is 3.93. The molecule has 3 atom stereocenters. The zero-order chi connectivity index (χ0) is 13.3. The van der Waals surface area contributed by atoms with E-state index in [9.17, 15) is 4.39 Å². The number of halogens is 1. The summed E-state index contributed by atoms with van der Waals surface area (Å²) in [5, 5.41) is 0. The molecule has 0 bridgehead atoms. The molecular weight excluding hydrogens is 227 g/mol. The van der Waals surface area contributed by atoms with Crippen LogP contribution in [0.5, 0.6) is 0 Å². The molecule has 18 heavy (non-hydrogen) atoms. The van der Waals surface area contributed by atoms with Crippen molar-refractivity contribution in [2.24, 2.45) is 11.7 Å². The van der Waals surface area contributed by atoms with E-state index in [1.807, 2.05) is 13.0 Å². The Kier molecular flexibility index (Phi) is 3.91. The molecule has 2 nitrogen and oxygen atoms in total. The molecule has 1 aromatic carbocycles. The smallest absolute Gasteiger partial charge is 0.123 e. The van der Waals surface area contributed by atoms with E-state index in [-0.39, 0.29) is 11.9 Å². The molecule has 2 N–H and O–H groups in total. The van der Waals surface area contributed by atoms with Gasteiger partial charge in [0.15, 0.2) is 0 Å². The molecule has 1 aromatic rings. The van der Waals surface area contributed by atoms with Crippen molar-refractivity contribution in [2.75, 3.05) is 11.4 Å². The molecule has 2 rings (SSSR count). The number of piperidine rings is 1. The lowest BCUT2D eigenvalue weighted by Crippen LogP contribution is -2.41. The quantitative estimate of drug-likeness (QED) is 0.871. The van der Waals surface area contributed by atoms with Gasteiger partial charge in [0.2, 0.25) is 0 Å². The summed E-state index contributed by atoms with van der Waals surface area (Å²) in [6, 6.07) is 5.34. The Morgan fingerprint density at radius 2 is 2.11 bits per heavy atom. The second-order valence-corrected chi connectivity index (χ2v) is 5.66. The van der Waals surface area contributed by atoms with Crippen LogP contribution in [0.4, 0.5) is 10.1 Å². The number of nitrogens with zero attached hydrogens (tertiary/aromatic N) is 1. The van der Waals surface area contributed by atoms with E-state index in [2.05, 4.69) is 18.7 Å². The SMILES string of the molecule is CC1CCN(c2ccc(F)cc2C(C)N)C(C)C1. The number of hydrogen-bond donors (Lipinski definition) is 1. The number of hydrogen-bond acceptors (Lipinski definition) is 2. The van der Waals surface area contributed by atoms with Crippen molar-refractivity contribution < 1.29 is 4.39 Å². The lowest BCUT2D eigenvalue weighted by Gasteiger charge is -2.39. The fourth-order valence-corrected chi connectivity index (χ4v) is 2.92. The van der Waals surface area contributed by atoms with Crippen molar-refractivity contribution in [1.82, 2.24) is 0 Å². The Bertz CT molecular complexity index is 417. The highest BCUT2D eigenvalue weighted by molar-refractivity contribution is 5.56. The lowest BCUT2D eigenvalue weighted by molar-refractivity contribution is 0.377. The van der Waals surface area contributed by atoms with Crippen molar-refractivity contribution in [3.05, 3.63) is 29.6 Å². The molecule has 1 aliphatic rings. The lowest BCUT2D eigenvalue weighted by atomic mass is 9.92. The minimum Gasteiger partial charge on any atom is -0.369 e. The first-order chi connectivity index (χ1) is 8.49. The summed E-state index contributed by atoms with van der Waals surface area (Å²) in [4.78, 5) is 2.37. The maximum Gasteiger partial charge on any atom is 0.123 e. The highest BCUT2D eigenvalue weighted by Gasteiger charge is 2.25. The summed E-state index contributed by atoms with van der Waals surface area (Å²) in [7, 11) is 0. The number of anilines is 1. The second kappa shape index (κ2) is 5.27. The van der Waals surface area contributed by atoms with Crippen LogP contribution in [0.15, 0.2) is 18.2 Å². The summed E-state index contributed by atoms with van der Waals surface area (Å²) in [6.45, 7) is 7.48. The highest BCUT2D eigenvalue weighted by atomic mass is 19.1. The van der Waals surface area contributed by atoms with Crippen LogP contribution in [-0.4, -0.2) is 12.6 Å². The molecule has 0 radical (unpaired) electrons. The van der Waals surface area contributed by atoms with E-state index in [4.69, 9.17) is 5.73 Å². The van der Waals surface area contributed by atoms with Crippen molar-refractivity contribution in [3.63, 3.8) is 0 Å². The van der Waals surface area contributed by atoms with Gasteiger partial charge in [0.25, 0.3) is 0 Å². The van der Waals surface area contributed by atoms with E-state index < -0.39 is 0 Å². The van der Waals surface area contributed by atoms with Crippen LogP contribution >= 0.6 is 0 Å². The average Bonchev–Trinajstić information content (AvgIpc) is 2.29. The Morgan fingerprint density at radius 3 is 2.72 bits per heavy atom. The monoisotopic (exact) mass is 250 g/mol. The molecule has 1 fully saturated rings. The minimum atomic E-state index is -0.205. The van der Waals surface area contributed by atoms with Gasteiger partial charge in [-0.1, -0.05) is 6.92 Å². The fraction of sp³-hybridized carbons (Fsp3) is 0.600. The third-order valence-corrected chi connectivity index (χ3v) is 3.93. The molecule has 0 amide bonds. The zero-order valence-electron chi connectivity index (χ0n) is 11.5. The highest BCUT2D eigenvalue weighted by Crippen LogP contribution is 2.32. The van der Waals surface area contributed by atoms with Gasteiger partial charge in [-0.15, -0.1) is 0 Å². The maximum atomic E-state index is 13.4. The zero-order valence-corrected chi connectivity index (χ0v) is 11.5. The standard InChI is InChI=1S/C15H23FN2/c1-10-6-7-18(11(2)8-10)15-5-4-13(16)9-14(15)12(3)17/h4-5,9-12H,6-8,17H2,1-3H3. The molecule has 0 spiro atoms. The van der Waals surface area contributed by atoms with Crippen molar-refractivity contribution >= 4 is 5.69 Å². The summed E-state index contributed by atoms with van der Waals surface area (Å²) in [6.07, 6.45) is 2.38. The Morgan fingerprint density at radius 1 is 1.39 bits per heavy atom. The van der Waals surface area contributed by atoms with Gasteiger partial charge < -0.3 is 10.6 Å². The third kappa shape index (κ3) is 2.66. The van der Waals surface area contributed by atoms with Gasteiger partial charge in [-0.05, 0) is 56.4 Å². The summed E-state index contributed by atoms with van der Waals surface area (Å²) >= 11 is 0. The largest absolute Gasteiger partial charge is 0.369 e. The summed E-state index contributed by atoms with van der Waals surface area (Å²) < 4.78 is 13.4. The minimum absolute atomic E-state index is 0.137. The summed E-state index contributed by atoms with van der Waals surface area (Å²) in [5.74, 6) is 0.569. The van der Waals surface area contributed by atoms with Crippen LogP contribution in [0.25, 0.3) is 0 Å². The number of rotatable bonds is 2. The first-order valence-electron chi connectivity index (χ1n) is 6.80. The topological polar surface area (TPSA) is 29.3 Å². The van der Waals surface area contributed by atoms with Crippen LogP contribution in [0.1, 0.15) is 45.2 Å². The van der Waals surface area contributed by atoms with Crippen LogP contribution in [0.2, 0.25) is 0 Å². The molecule has 0 aromatic heterocycles. The first-order valence-corrected chi connectivity index (χ1v) is 6.80. The van der Waals surface area contributed by atoms with Crippen LogP contribution in [-0.2, 0) is 0 Å². The van der Waals surface area contributed by atoms with Gasteiger partial charge in [-0.3, -0.25) is 0 Å². The maximum absolute atomic E-state index is 13.4. The fourth-order valence-electron chi connectivity index (χ4n) is 2.92. The molecular formula is C15H23FN2. The van der Waals surface area contributed by atoms with Crippen molar-refractivity contribution in [1.29, 1.82) is 0 Å². The van der Waals surface area contributed by atoms with Crippen molar-refractivity contribution in [3.8, 4) is 0 Å². The van der Waals surface area contributed by atoms with Gasteiger partial charge >= 0.3 is 0 Å². The van der Waals surface area contributed by atoms with E-state index in [0.717, 1.165) is 23.7 Å². The van der Waals surface area contributed by atoms with Gasteiger partial charge in [0.1, 0.15) is 5.82 Å². The molecule has 100 valence electrons.